The van der Waals surface area contributed by atoms with Crippen LogP contribution in [0.2, 0.25) is 5.02 Å². The summed E-state index contributed by atoms with van der Waals surface area (Å²) in [7, 11) is -4.18. The number of halogens is 1. The molecule has 0 aliphatic heterocycles. The number of rotatable bonds is 13. The van der Waals surface area contributed by atoms with Gasteiger partial charge in [0.1, 0.15) is 12.6 Å². The molecule has 0 aromatic heterocycles. The summed E-state index contributed by atoms with van der Waals surface area (Å²) in [6, 6.07) is 27.6. The lowest BCUT2D eigenvalue weighted by atomic mass is 10.0. The summed E-state index contributed by atoms with van der Waals surface area (Å²) in [6.45, 7) is 9.05. The molecule has 0 aliphatic carbocycles. The van der Waals surface area contributed by atoms with Crippen LogP contribution in [0.5, 0.6) is 0 Å². The van der Waals surface area contributed by atoms with Crippen molar-refractivity contribution in [1.29, 1.82) is 0 Å². The Morgan fingerprint density at radius 3 is 2.09 bits per heavy atom. The molecule has 4 aromatic rings. The van der Waals surface area contributed by atoms with Crippen LogP contribution in [0.3, 0.4) is 0 Å². The summed E-state index contributed by atoms with van der Waals surface area (Å²) in [5.41, 5.74) is 4.51. The first-order valence-corrected chi connectivity index (χ1v) is 17.3. The normalized spacial score (nSPS) is 12.7. The predicted octanol–water partition coefficient (Wildman–Crippen LogP) is 7.02. The summed E-state index contributed by atoms with van der Waals surface area (Å²) in [4.78, 5) is 30.2. The first kappa shape index (κ1) is 34.7. The second kappa shape index (κ2) is 15.4. The third-order valence-corrected chi connectivity index (χ3v) is 10.1. The van der Waals surface area contributed by atoms with Crippen molar-refractivity contribution in [1.82, 2.24) is 10.2 Å². The van der Waals surface area contributed by atoms with Crippen LogP contribution in [0.15, 0.2) is 102 Å². The average Bonchev–Trinajstić information content (AvgIpc) is 3.04. The van der Waals surface area contributed by atoms with Crippen molar-refractivity contribution in [2.75, 3.05) is 10.8 Å². The summed E-state index contributed by atoms with van der Waals surface area (Å²) >= 11 is 6.17. The van der Waals surface area contributed by atoms with E-state index in [2.05, 4.69) is 5.32 Å². The predicted molar refractivity (Wildman–Crippen MR) is 185 cm³/mol. The largest absolute Gasteiger partial charge is 0.352 e. The van der Waals surface area contributed by atoms with Crippen LogP contribution in [0.4, 0.5) is 5.69 Å². The SMILES string of the molecule is CC[C@H](C)NC(=O)[C@@H](Cc1ccccc1)N(Cc1ccc(Cl)cc1)C(=O)CN(c1cc(C)ccc1C)S(=O)(=O)c1ccc(C)cc1. The Balaban J connectivity index is 1.83. The van der Waals surface area contributed by atoms with Gasteiger partial charge in [0.15, 0.2) is 0 Å². The third-order valence-electron chi connectivity index (χ3n) is 8.06. The van der Waals surface area contributed by atoms with Gasteiger partial charge in [-0.1, -0.05) is 90.8 Å². The van der Waals surface area contributed by atoms with Gasteiger partial charge >= 0.3 is 0 Å². The average molecular weight is 660 g/mol. The summed E-state index contributed by atoms with van der Waals surface area (Å²) in [5.74, 6) is -0.813. The van der Waals surface area contributed by atoms with Crippen molar-refractivity contribution in [2.45, 2.75) is 71.0 Å². The molecular formula is C37H42ClN3O4S. The van der Waals surface area contributed by atoms with Crippen LogP contribution < -0.4 is 9.62 Å². The second-order valence-corrected chi connectivity index (χ2v) is 14.1. The number of amides is 2. The van der Waals surface area contributed by atoms with E-state index in [0.717, 1.165) is 22.3 Å². The Hall–Kier alpha value is -4.14. The van der Waals surface area contributed by atoms with E-state index in [9.17, 15) is 18.0 Å². The van der Waals surface area contributed by atoms with Gasteiger partial charge in [0.05, 0.1) is 10.6 Å². The molecule has 0 unspecified atom stereocenters. The lowest BCUT2D eigenvalue weighted by molar-refractivity contribution is -0.140. The minimum Gasteiger partial charge on any atom is -0.352 e. The number of carbonyl (C=O) groups excluding carboxylic acids is 2. The Morgan fingerprint density at radius 1 is 0.826 bits per heavy atom. The summed E-state index contributed by atoms with van der Waals surface area (Å²) < 4.78 is 29.8. The zero-order valence-corrected chi connectivity index (χ0v) is 28.6. The fraction of sp³-hybridized carbons (Fsp3) is 0.297. The van der Waals surface area contributed by atoms with E-state index in [1.54, 1.807) is 54.6 Å². The Kier molecular flexibility index (Phi) is 11.7. The monoisotopic (exact) mass is 659 g/mol. The highest BCUT2D eigenvalue weighted by Gasteiger charge is 2.35. The number of sulfonamides is 1. The van der Waals surface area contributed by atoms with E-state index in [1.165, 1.54) is 9.21 Å². The number of nitrogens with one attached hydrogen (secondary N) is 1. The fourth-order valence-electron chi connectivity index (χ4n) is 5.12. The Labute approximate surface area is 278 Å². The molecule has 7 nitrogen and oxygen atoms in total. The van der Waals surface area contributed by atoms with Gasteiger partial charge in [-0.25, -0.2) is 8.42 Å². The molecule has 46 heavy (non-hydrogen) atoms. The molecule has 4 aromatic carbocycles. The smallest absolute Gasteiger partial charge is 0.264 e. The lowest BCUT2D eigenvalue weighted by Gasteiger charge is -2.34. The van der Waals surface area contributed by atoms with Gasteiger partial charge in [-0.3, -0.25) is 13.9 Å². The molecule has 0 saturated carbocycles. The van der Waals surface area contributed by atoms with Crippen LogP contribution in [0, 0.1) is 20.8 Å². The van der Waals surface area contributed by atoms with Crippen molar-refractivity contribution in [3.63, 3.8) is 0 Å². The molecule has 0 bridgehead atoms. The van der Waals surface area contributed by atoms with Crippen molar-refractivity contribution in [3.8, 4) is 0 Å². The standard InChI is InChI=1S/C37H42ClN3O4S/c1-6-29(5)39-37(43)35(23-30-10-8-7-9-11-30)40(24-31-16-18-32(38)19-17-31)36(42)25-41(34-22-27(3)12-15-28(34)4)46(44,45)33-20-13-26(2)14-21-33/h7-22,29,35H,6,23-25H2,1-5H3,(H,39,43)/t29-,35+/m0/s1. The molecule has 0 radical (unpaired) electrons. The Bertz CT molecular complexity index is 1740. The molecule has 1 N–H and O–H groups in total. The molecule has 0 heterocycles. The molecule has 2 amide bonds. The lowest BCUT2D eigenvalue weighted by Crippen LogP contribution is -2.54. The number of hydrogen-bond donors (Lipinski definition) is 1. The van der Waals surface area contributed by atoms with Gasteiger partial charge < -0.3 is 10.2 Å². The highest BCUT2D eigenvalue weighted by molar-refractivity contribution is 7.92. The second-order valence-electron chi connectivity index (χ2n) is 11.8. The van der Waals surface area contributed by atoms with E-state index in [-0.39, 0.29) is 29.8 Å². The Morgan fingerprint density at radius 2 is 1.46 bits per heavy atom. The van der Waals surface area contributed by atoms with Crippen LogP contribution >= 0.6 is 11.6 Å². The topological polar surface area (TPSA) is 86.8 Å². The minimum absolute atomic E-state index is 0.0754. The summed E-state index contributed by atoms with van der Waals surface area (Å²) in [5, 5.41) is 3.60. The van der Waals surface area contributed by atoms with E-state index >= 15 is 0 Å². The summed E-state index contributed by atoms with van der Waals surface area (Å²) in [6.07, 6.45) is 0.959. The molecule has 242 valence electrons. The van der Waals surface area contributed by atoms with Crippen molar-refractivity contribution < 1.29 is 18.0 Å². The van der Waals surface area contributed by atoms with E-state index in [0.29, 0.717) is 22.7 Å². The first-order chi connectivity index (χ1) is 21.9. The van der Waals surface area contributed by atoms with Crippen LogP contribution in [0.25, 0.3) is 0 Å². The van der Waals surface area contributed by atoms with Gasteiger partial charge in [0, 0.05) is 24.0 Å². The maximum atomic E-state index is 14.6. The number of benzene rings is 4. The molecule has 2 atom stereocenters. The molecular weight excluding hydrogens is 618 g/mol. The van der Waals surface area contributed by atoms with E-state index in [4.69, 9.17) is 11.6 Å². The number of aryl methyl sites for hydroxylation is 3. The fourth-order valence-corrected chi connectivity index (χ4v) is 6.72. The first-order valence-electron chi connectivity index (χ1n) is 15.4. The quantitative estimate of drug-likeness (QED) is 0.167. The van der Waals surface area contributed by atoms with Crippen molar-refractivity contribution >= 4 is 39.1 Å². The van der Waals surface area contributed by atoms with E-state index < -0.39 is 28.5 Å². The molecule has 0 spiro atoms. The van der Waals surface area contributed by atoms with Crippen molar-refractivity contribution in [2.24, 2.45) is 0 Å². The maximum absolute atomic E-state index is 14.6. The molecule has 9 heteroatoms. The molecule has 0 aliphatic rings. The van der Waals surface area contributed by atoms with Crippen molar-refractivity contribution in [3.05, 3.63) is 130 Å². The van der Waals surface area contributed by atoms with Crippen LogP contribution in [-0.4, -0.2) is 43.8 Å². The van der Waals surface area contributed by atoms with Gasteiger partial charge in [-0.15, -0.1) is 0 Å². The van der Waals surface area contributed by atoms with Crippen LogP contribution in [-0.2, 0) is 32.6 Å². The van der Waals surface area contributed by atoms with Gasteiger partial charge in [0.25, 0.3) is 10.0 Å². The van der Waals surface area contributed by atoms with Gasteiger partial charge in [-0.05, 0) is 86.7 Å². The van der Waals surface area contributed by atoms with Crippen LogP contribution in [0.1, 0.15) is 48.1 Å². The van der Waals surface area contributed by atoms with E-state index in [1.807, 2.05) is 77.1 Å². The highest BCUT2D eigenvalue weighted by atomic mass is 35.5. The number of nitrogens with zero attached hydrogens (tertiary/aromatic N) is 2. The highest BCUT2D eigenvalue weighted by Crippen LogP contribution is 2.29. The molecule has 0 saturated heterocycles. The zero-order valence-electron chi connectivity index (χ0n) is 27.0. The number of carbonyl (C=O) groups is 2. The minimum atomic E-state index is -4.18. The van der Waals surface area contributed by atoms with Gasteiger partial charge in [-0.2, -0.15) is 0 Å². The maximum Gasteiger partial charge on any atom is 0.264 e. The number of anilines is 1. The molecule has 4 rings (SSSR count). The van der Waals surface area contributed by atoms with Gasteiger partial charge in [0.2, 0.25) is 11.8 Å². The molecule has 0 fully saturated rings. The number of hydrogen-bond acceptors (Lipinski definition) is 4. The zero-order chi connectivity index (χ0) is 33.4. The third kappa shape index (κ3) is 8.77.